The number of unbranched alkanes of at least 4 members (excludes halogenated alkanes) is 2. The Balaban J connectivity index is 2.28. The Morgan fingerprint density at radius 1 is 1.35 bits per heavy atom. The second-order valence-corrected chi connectivity index (χ2v) is 5.02. The van der Waals surface area contributed by atoms with Crippen molar-refractivity contribution < 1.29 is 19.6 Å². The Labute approximate surface area is 133 Å². The van der Waals surface area contributed by atoms with Crippen molar-refractivity contribution in [2.45, 2.75) is 38.6 Å². The average molecular weight is 324 g/mol. The predicted molar refractivity (Wildman–Crippen MR) is 83.1 cm³/mol. The van der Waals surface area contributed by atoms with E-state index in [1.54, 1.807) is 6.92 Å². The van der Waals surface area contributed by atoms with Crippen LogP contribution in [0.25, 0.3) is 0 Å². The van der Waals surface area contributed by atoms with Gasteiger partial charge in [-0.05, 0) is 25.8 Å². The average Bonchev–Trinajstić information content (AvgIpc) is 2.50. The third-order valence-electron chi connectivity index (χ3n) is 3.08. The third kappa shape index (κ3) is 7.21. The molecule has 126 valence electrons. The molecule has 0 fully saturated rings. The van der Waals surface area contributed by atoms with Crippen LogP contribution in [0.4, 0.5) is 11.5 Å². The molecule has 0 aromatic carbocycles. The number of hydrogen-bond acceptors (Lipinski definition) is 6. The number of carboxylic acid groups (broad SMARTS) is 1. The Hall–Kier alpha value is -2.71. The zero-order chi connectivity index (χ0) is 17.2. The van der Waals surface area contributed by atoms with Crippen LogP contribution in [0.15, 0.2) is 18.3 Å². The molecule has 1 rings (SSSR count). The van der Waals surface area contributed by atoms with E-state index in [1.165, 1.54) is 12.1 Å². The van der Waals surface area contributed by atoms with Gasteiger partial charge in [-0.2, -0.15) is 0 Å². The van der Waals surface area contributed by atoms with E-state index in [1.807, 2.05) is 0 Å². The summed E-state index contributed by atoms with van der Waals surface area (Å²) in [6.45, 7) is 2.13. The molecule has 9 heteroatoms. The number of nitro groups is 1. The van der Waals surface area contributed by atoms with Crippen LogP contribution < -0.4 is 10.6 Å². The summed E-state index contributed by atoms with van der Waals surface area (Å²) in [5.41, 5.74) is -0.117. The van der Waals surface area contributed by atoms with Crippen LogP contribution in [-0.4, -0.2) is 39.5 Å². The smallest absolute Gasteiger partial charge is 0.303 e. The first-order valence-corrected chi connectivity index (χ1v) is 7.26. The van der Waals surface area contributed by atoms with E-state index in [-0.39, 0.29) is 18.0 Å². The van der Waals surface area contributed by atoms with Gasteiger partial charge in [0.1, 0.15) is 18.1 Å². The van der Waals surface area contributed by atoms with Gasteiger partial charge in [0.2, 0.25) is 5.91 Å². The number of amides is 1. The first-order chi connectivity index (χ1) is 10.9. The first-order valence-electron chi connectivity index (χ1n) is 7.26. The molecule has 1 aromatic rings. The predicted octanol–water partition coefficient (Wildman–Crippen LogP) is 1.55. The van der Waals surface area contributed by atoms with Crippen LogP contribution in [0.1, 0.15) is 32.6 Å². The van der Waals surface area contributed by atoms with Gasteiger partial charge in [-0.1, -0.05) is 6.42 Å². The molecule has 0 aliphatic heterocycles. The van der Waals surface area contributed by atoms with E-state index in [0.29, 0.717) is 25.2 Å². The summed E-state index contributed by atoms with van der Waals surface area (Å²) in [6, 6.07) is 2.21. The quantitative estimate of drug-likeness (QED) is 0.337. The maximum absolute atomic E-state index is 11.9. The van der Waals surface area contributed by atoms with Crippen molar-refractivity contribution in [1.29, 1.82) is 0 Å². The standard InChI is InChI=1S/C14H20N4O5/c1-10(14(21)15-8-4-2-3-5-13(19)20)17-12-7-6-11(9-16-12)18(22)23/h6-7,9-10H,2-5,8H2,1H3,(H,15,21)(H,16,17)(H,19,20). The molecule has 9 nitrogen and oxygen atoms in total. The summed E-state index contributed by atoms with van der Waals surface area (Å²) in [6.07, 6.45) is 3.29. The number of nitrogens with one attached hydrogen (secondary N) is 2. The fraction of sp³-hybridized carbons (Fsp3) is 0.500. The van der Waals surface area contributed by atoms with Crippen LogP contribution in [0.2, 0.25) is 0 Å². The molecule has 1 atom stereocenters. The van der Waals surface area contributed by atoms with Gasteiger partial charge in [-0.25, -0.2) is 4.98 Å². The van der Waals surface area contributed by atoms with Crippen molar-refractivity contribution in [1.82, 2.24) is 10.3 Å². The molecule has 0 aliphatic carbocycles. The highest BCUT2D eigenvalue weighted by atomic mass is 16.6. The maximum Gasteiger partial charge on any atom is 0.303 e. The molecular formula is C14H20N4O5. The number of pyridine rings is 1. The van der Waals surface area contributed by atoms with E-state index in [9.17, 15) is 19.7 Å². The molecule has 23 heavy (non-hydrogen) atoms. The monoisotopic (exact) mass is 324 g/mol. The summed E-state index contributed by atoms with van der Waals surface area (Å²) < 4.78 is 0. The molecule has 1 amide bonds. The van der Waals surface area contributed by atoms with Crippen LogP contribution in [0.3, 0.4) is 0 Å². The zero-order valence-electron chi connectivity index (χ0n) is 12.8. The highest BCUT2D eigenvalue weighted by Crippen LogP contribution is 2.12. The third-order valence-corrected chi connectivity index (χ3v) is 3.08. The molecule has 0 radical (unpaired) electrons. The lowest BCUT2D eigenvalue weighted by molar-refractivity contribution is -0.385. The summed E-state index contributed by atoms with van der Waals surface area (Å²) in [4.78, 5) is 36.0. The van der Waals surface area contributed by atoms with Crippen molar-refractivity contribution in [2.24, 2.45) is 0 Å². The Morgan fingerprint density at radius 3 is 2.65 bits per heavy atom. The summed E-state index contributed by atoms with van der Waals surface area (Å²) in [5, 5.41) is 24.6. The number of aliphatic carboxylic acids is 1. The number of aromatic nitrogens is 1. The largest absolute Gasteiger partial charge is 0.481 e. The van der Waals surface area contributed by atoms with Crippen molar-refractivity contribution in [3.63, 3.8) is 0 Å². The molecule has 1 aromatic heterocycles. The molecule has 1 unspecified atom stereocenters. The Morgan fingerprint density at radius 2 is 2.09 bits per heavy atom. The number of carbonyl (C=O) groups is 2. The minimum atomic E-state index is -0.817. The second kappa shape index (κ2) is 9.34. The van der Waals surface area contributed by atoms with E-state index in [0.717, 1.165) is 12.6 Å². The van der Waals surface area contributed by atoms with Crippen LogP contribution in [0, 0.1) is 10.1 Å². The normalized spacial score (nSPS) is 11.5. The SMILES string of the molecule is CC(Nc1ccc([N+](=O)[O-])cn1)C(=O)NCCCCCC(=O)O. The van der Waals surface area contributed by atoms with Gasteiger partial charge in [0, 0.05) is 19.0 Å². The van der Waals surface area contributed by atoms with Crippen molar-refractivity contribution >= 4 is 23.4 Å². The molecule has 3 N–H and O–H groups in total. The van der Waals surface area contributed by atoms with Gasteiger partial charge >= 0.3 is 5.97 Å². The second-order valence-electron chi connectivity index (χ2n) is 5.02. The highest BCUT2D eigenvalue weighted by molar-refractivity contribution is 5.83. The Kier molecular flexibility index (Phi) is 7.44. The van der Waals surface area contributed by atoms with Gasteiger partial charge in [0.15, 0.2) is 0 Å². The van der Waals surface area contributed by atoms with Crippen molar-refractivity contribution in [2.75, 3.05) is 11.9 Å². The lowest BCUT2D eigenvalue weighted by atomic mass is 10.2. The topological polar surface area (TPSA) is 134 Å². The van der Waals surface area contributed by atoms with Crippen molar-refractivity contribution in [3.05, 3.63) is 28.4 Å². The van der Waals surface area contributed by atoms with Gasteiger partial charge in [0.25, 0.3) is 5.69 Å². The lowest BCUT2D eigenvalue weighted by Gasteiger charge is -2.14. The van der Waals surface area contributed by atoms with E-state index < -0.39 is 16.9 Å². The fourth-order valence-electron chi connectivity index (χ4n) is 1.81. The first kappa shape index (κ1) is 18.3. The number of carbonyl (C=O) groups excluding carboxylic acids is 1. The number of anilines is 1. The summed E-state index contributed by atoms with van der Waals surface area (Å²) >= 11 is 0. The van der Waals surface area contributed by atoms with Crippen LogP contribution in [-0.2, 0) is 9.59 Å². The van der Waals surface area contributed by atoms with Gasteiger partial charge in [-0.15, -0.1) is 0 Å². The van der Waals surface area contributed by atoms with E-state index in [2.05, 4.69) is 15.6 Å². The minimum Gasteiger partial charge on any atom is -0.481 e. The molecule has 0 saturated carbocycles. The Bertz CT molecular complexity index is 547. The van der Waals surface area contributed by atoms with Crippen LogP contribution in [0.5, 0.6) is 0 Å². The molecule has 1 heterocycles. The highest BCUT2D eigenvalue weighted by Gasteiger charge is 2.13. The van der Waals surface area contributed by atoms with Crippen LogP contribution >= 0.6 is 0 Å². The minimum absolute atomic E-state index is 0.117. The van der Waals surface area contributed by atoms with Gasteiger partial charge in [-0.3, -0.25) is 19.7 Å². The van der Waals surface area contributed by atoms with E-state index in [4.69, 9.17) is 5.11 Å². The van der Waals surface area contributed by atoms with Gasteiger partial charge in [0.05, 0.1) is 4.92 Å². The molecular weight excluding hydrogens is 304 g/mol. The van der Waals surface area contributed by atoms with Gasteiger partial charge < -0.3 is 15.7 Å². The fourth-order valence-corrected chi connectivity index (χ4v) is 1.81. The number of nitrogens with zero attached hydrogens (tertiary/aromatic N) is 2. The molecule has 0 saturated heterocycles. The lowest BCUT2D eigenvalue weighted by Crippen LogP contribution is -2.38. The zero-order valence-corrected chi connectivity index (χ0v) is 12.8. The van der Waals surface area contributed by atoms with Crippen molar-refractivity contribution in [3.8, 4) is 0 Å². The number of rotatable bonds is 10. The maximum atomic E-state index is 11.9. The summed E-state index contributed by atoms with van der Waals surface area (Å²) in [5.74, 6) is -0.662. The number of carboxylic acids is 1. The summed E-state index contributed by atoms with van der Waals surface area (Å²) in [7, 11) is 0. The number of hydrogen-bond donors (Lipinski definition) is 3. The molecule has 0 bridgehead atoms. The molecule has 0 spiro atoms. The molecule has 0 aliphatic rings. The van der Waals surface area contributed by atoms with E-state index >= 15 is 0 Å².